The Bertz CT molecular complexity index is 589. The van der Waals surface area contributed by atoms with Gasteiger partial charge < -0.3 is 9.94 Å². The van der Waals surface area contributed by atoms with E-state index < -0.39 is 5.97 Å². The molecule has 0 amide bonds. The predicted molar refractivity (Wildman–Crippen MR) is 86.2 cm³/mol. The number of aromatic nitrogens is 2. The van der Waals surface area contributed by atoms with Crippen LogP contribution < -0.4 is 0 Å². The zero-order valence-corrected chi connectivity index (χ0v) is 12.8. The van der Waals surface area contributed by atoms with Crippen LogP contribution in [0, 0.1) is 0 Å². The largest absolute Gasteiger partial charge is 0.481 e. The Kier molecular flexibility index (Phi) is 6.71. The van der Waals surface area contributed by atoms with E-state index in [1.165, 1.54) is 0 Å². The van der Waals surface area contributed by atoms with Gasteiger partial charge >= 0.3 is 5.97 Å². The van der Waals surface area contributed by atoms with E-state index in [2.05, 4.69) is 15.1 Å². The van der Waals surface area contributed by atoms with E-state index in [1.54, 1.807) is 18.5 Å². The van der Waals surface area contributed by atoms with Gasteiger partial charge in [-0.2, -0.15) is 0 Å². The highest BCUT2D eigenvalue weighted by atomic mass is 16.6. The summed E-state index contributed by atoms with van der Waals surface area (Å²) in [5.74, 6) is -0.263. The van der Waals surface area contributed by atoms with Crippen LogP contribution in [0.15, 0.2) is 53.9 Å². The number of nitrogens with zero attached hydrogens (tertiary/aromatic N) is 3. The van der Waals surface area contributed by atoms with Crippen molar-refractivity contribution < 1.29 is 14.7 Å². The molecule has 1 heterocycles. The maximum absolute atomic E-state index is 10.4. The minimum atomic E-state index is -0.767. The standard InChI is InChI=1S/C17H19N3O3/c21-15(22)10-5-2-6-13-23-20-16(14-8-3-1-4-9-14)17-18-11-7-12-19-17/h1,3-4,7-9,11-12H,2,5-6,10,13H2,(H,21,22)/b20-16+. The molecule has 0 fully saturated rings. The van der Waals surface area contributed by atoms with Gasteiger partial charge in [0.25, 0.3) is 0 Å². The lowest BCUT2D eigenvalue weighted by molar-refractivity contribution is -0.137. The van der Waals surface area contributed by atoms with Crippen molar-refractivity contribution in [3.05, 3.63) is 60.2 Å². The molecule has 0 aliphatic carbocycles. The van der Waals surface area contributed by atoms with Crippen molar-refractivity contribution in [1.29, 1.82) is 0 Å². The van der Waals surface area contributed by atoms with Crippen molar-refractivity contribution in [2.75, 3.05) is 6.61 Å². The molecule has 23 heavy (non-hydrogen) atoms. The number of aliphatic carboxylic acids is 1. The van der Waals surface area contributed by atoms with E-state index in [-0.39, 0.29) is 6.42 Å². The van der Waals surface area contributed by atoms with Crippen molar-refractivity contribution in [3.63, 3.8) is 0 Å². The summed E-state index contributed by atoms with van der Waals surface area (Å²) in [5.41, 5.74) is 1.46. The summed E-state index contributed by atoms with van der Waals surface area (Å²) in [6.07, 6.45) is 5.71. The molecule has 0 unspecified atom stereocenters. The van der Waals surface area contributed by atoms with Gasteiger partial charge in [0.05, 0.1) is 0 Å². The summed E-state index contributed by atoms with van der Waals surface area (Å²) in [4.78, 5) is 24.2. The number of benzene rings is 1. The summed E-state index contributed by atoms with van der Waals surface area (Å²) in [6, 6.07) is 11.3. The summed E-state index contributed by atoms with van der Waals surface area (Å²) < 4.78 is 0. The zero-order valence-electron chi connectivity index (χ0n) is 12.8. The Morgan fingerprint density at radius 1 is 1.04 bits per heavy atom. The summed E-state index contributed by atoms with van der Waals surface area (Å²) in [6.45, 7) is 0.433. The van der Waals surface area contributed by atoms with Crippen molar-refractivity contribution in [2.45, 2.75) is 25.7 Å². The molecule has 0 aliphatic heterocycles. The van der Waals surface area contributed by atoms with Crippen LogP contribution in [0.5, 0.6) is 0 Å². The summed E-state index contributed by atoms with van der Waals surface area (Å²) in [7, 11) is 0. The smallest absolute Gasteiger partial charge is 0.303 e. The molecule has 0 atom stereocenters. The molecule has 6 nitrogen and oxygen atoms in total. The molecule has 0 radical (unpaired) electrons. The molecule has 1 aromatic heterocycles. The molecule has 0 bridgehead atoms. The quantitative estimate of drug-likeness (QED) is 0.437. The van der Waals surface area contributed by atoms with Crippen LogP contribution in [0.2, 0.25) is 0 Å². The molecule has 0 spiro atoms. The Labute approximate surface area is 134 Å². The first-order chi connectivity index (χ1) is 11.3. The molecule has 0 aliphatic rings. The Hall–Kier alpha value is -2.76. The third kappa shape index (κ3) is 5.86. The van der Waals surface area contributed by atoms with Crippen LogP contribution in [0.25, 0.3) is 0 Å². The van der Waals surface area contributed by atoms with Gasteiger partial charge in [-0.1, -0.05) is 35.5 Å². The van der Waals surface area contributed by atoms with Crippen LogP contribution in [0.4, 0.5) is 0 Å². The predicted octanol–water partition coefficient (Wildman–Crippen LogP) is 2.89. The van der Waals surface area contributed by atoms with Gasteiger partial charge in [0.15, 0.2) is 11.5 Å². The average Bonchev–Trinajstić information content (AvgIpc) is 2.59. The number of carboxylic acids is 1. The summed E-state index contributed by atoms with van der Waals surface area (Å²) >= 11 is 0. The average molecular weight is 313 g/mol. The number of carbonyl (C=O) groups is 1. The maximum atomic E-state index is 10.4. The van der Waals surface area contributed by atoms with Gasteiger partial charge in [-0.25, -0.2) is 9.97 Å². The Morgan fingerprint density at radius 2 is 1.78 bits per heavy atom. The van der Waals surface area contributed by atoms with Gasteiger partial charge in [-0.3, -0.25) is 4.79 Å². The van der Waals surface area contributed by atoms with Crippen molar-refractivity contribution in [3.8, 4) is 0 Å². The lowest BCUT2D eigenvalue weighted by atomic mass is 10.1. The Balaban J connectivity index is 1.94. The Morgan fingerprint density at radius 3 is 2.48 bits per heavy atom. The van der Waals surface area contributed by atoms with E-state index in [9.17, 15) is 4.79 Å². The number of rotatable bonds is 9. The highest BCUT2D eigenvalue weighted by Gasteiger charge is 2.10. The normalized spacial score (nSPS) is 11.2. The van der Waals surface area contributed by atoms with Gasteiger partial charge in [0.2, 0.25) is 0 Å². The molecular weight excluding hydrogens is 294 g/mol. The number of oxime groups is 1. The van der Waals surface area contributed by atoms with E-state index >= 15 is 0 Å². The molecule has 2 rings (SSSR count). The monoisotopic (exact) mass is 313 g/mol. The van der Waals surface area contributed by atoms with Crippen molar-refractivity contribution in [2.24, 2.45) is 5.16 Å². The molecular formula is C17H19N3O3. The van der Waals surface area contributed by atoms with E-state index in [0.717, 1.165) is 18.4 Å². The third-order valence-electron chi connectivity index (χ3n) is 3.11. The topological polar surface area (TPSA) is 84.7 Å². The number of carboxylic acid groups (broad SMARTS) is 1. The molecule has 120 valence electrons. The number of unbranched alkanes of at least 4 members (excludes halogenated alkanes) is 2. The van der Waals surface area contributed by atoms with E-state index in [0.29, 0.717) is 24.6 Å². The fraction of sp³-hybridized carbons (Fsp3) is 0.294. The van der Waals surface area contributed by atoms with Gasteiger partial charge in [0.1, 0.15) is 6.61 Å². The SMILES string of the molecule is O=C(O)CCCCCO/N=C(\c1ccccc1)c1ncccn1. The van der Waals surface area contributed by atoms with Gasteiger partial charge in [-0.15, -0.1) is 0 Å². The zero-order chi connectivity index (χ0) is 16.3. The first kappa shape index (κ1) is 16.6. The fourth-order valence-corrected chi connectivity index (χ4v) is 1.97. The molecule has 2 aromatic rings. The van der Waals surface area contributed by atoms with Gasteiger partial charge in [-0.05, 0) is 25.3 Å². The first-order valence-corrected chi connectivity index (χ1v) is 7.52. The van der Waals surface area contributed by atoms with Crippen LogP contribution in [-0.4, -0.2) is 33.4 Å². The molecule has 1 aromatic carbocycles. The van der Waals surface area contributed by atoms with Crippen LogP contribution >= 0.6 is 0 Å². The lowest BCUT2D eigenvalue weighted by Crippen LogP contribution is -2.09. The minimum Gasteiger partial charge on any atom is -0.481 e. The molecule has 0 saturated carbocycles. The van der Waals surface area contributed by atoms with Crippen molar-refractivity contribution in [1.82, 2.24) is 9.97 Å². The second kappa shape index (κ2) is 9.30. The maximum Gasteiger partial charge on any atom is 0.303 e. The van der Waals surface area contributed by atoms with Crippen LogP contribution in [0.1, 0.15) is 37.1 Å². The van der Waals surface area contributed by atoms with E-state index in [4.69, 9.17) is 9.94 Å². The highest BCUT2D eigenvalue weighted by Crippen LogP contribution is 2.08. The third-order valence-corrected chi connectivity index (χ3v) is 3.11. The van der Waals surface area contributed by atoms with Crippen LogP contribution in [0.3, 0.4) is 0 Å². The summed E-state index contributed by atoms with van der Waals surface area (Å²) in [5, 5.41) is 12.7. The molecule has 0 saturated heterocycles. The number of hydrogen-bond donors (Lipinski definition) is 1. The van der Waals surface area contributed by atoms with E-state index in [1.807, 2.05) is 30.3 Å². The van der Waals surface area contributed by atoms with Crippen molar-refractivity contribution >= 4 is 11.7 Å². The fourth-order valence-electron chi connectivity index (χ4n) is 1.97. The highest BCUT2D eigenvalue weighted by molar-refractivity contribution is 6.10. The second-order valence-corrected chi connectivity index (χ2v) is 4.92. The first-order valence-electron chi connectivity index (χ1n) is 7.52. The number of hydrogen-bond acceptors (Lipinski definition) is 5. The lowest BCUT2D eigenvalue weighted by Gasteiger charge is -2.05. The second-order valence-electron chi connectivity index (χ2n) is 4.92. The van der Waals surface area contributed by atoms with Gasteiger partial charge in [0, 0.05) is 24.4 Å². The van der Waals surface area contributed by atoms with Crippen LogP contribution in [-0.2, 0) is 9.63 Å². The molecule has 6 heteroatoms. The molecule has 1 N–H and O–H groups in total. The minimum absolute atomic E-state index is 0.191.